The van der Waals surface area contributed by atoms with Crippen LogP contribution in [0.1, 0.15) is 51.0 Å². The van der Waals surface area contributed by atoms with Crippen LogP contribution in [0.25, 0.3) is 11.0 Å². The van der Waals surface area contributed by atoms with E-state index in [4.69, 9.17) is 4.42 Å². The molecule has 98 valence electrons. The lowest BCUT2D eigenvalue weighted by molar-refractivity contribution is 0.443. The predicted octanol–water partition coefficient (Wildman–Crippen LogP) is 4.45. The molecule has 0 bridgehead atoms. The number of furan rings is 1. The molecule has 2 aromatic rings. The first-order chi connectivity index (χ1) is 8.77. The molecule has 2 rings (SSSR count). The van der Waals surface area contributed by atoms with Gasteiger partial charge in [0.15, 0.2) is 0 Å². The number of unbranched alkanes of at least 4 members (excludes halogenated alkanes) is 1. The quantitative estimate of drug-likeness (QED) is 0.761. The highest BCUT2D eigenvalue weighted by molar-refractivity contribution is 5.82. The molecule has 2 nitrogen and oxygen atoms in total. The number of fused-ring (bicyclic) bond motifs is 1. The van der Waals surface area contributed by atoms with Crippen LogP contribution in [-0.4, -0.2) is 6.54 Å². The largest absolute Gasteiger partial charge is 0.459 e. The van der Waals surface area contributed by atoms with Crippen LogP contribution >= 0.6 is 0 Å². The number of nitrogens with one attached hydrogen (secondary N) is 1. The first-order valence-corrected chi connectivity index (χ1v) is 7.01. The Labute approximate surface area is 109 Å². The average molecular weight is 245 g/mol. The van der Waals surface area contributed by atoms with E-state index in [0.29, 0.717) is 6.04 Å². The van der Waals surface area contributed by atoms with Crippen molar-refractivity contribution in [2.24, 2.45) is 0 Å². The standard InChI is InChI=1S/C16H23NO/c1-4-6-11-17-12(3)16-13(5-2)14-9-7-8-10-15(14)18-16/h7-10,12,17H,4-6,11H2,1-3H3. The van der Waals surface area contributed by atoms with Crippen molar-refractivity contribution in [1.82, 2.24) is 5.32 Å². The van der Waals surface area contributed by atoms with E-state index in [1.807, 2.05) is 6.07 Å². The summed E-state index contributed by atoms with van der Waals surface area (Å²) in [7, 11) is 0. The third kappa shape index (κ3) is 2.59. The van der Waals surface area contributed by atoms with Crippen molar-refractivity contribution in [3.63, 3.8) is 0 Å². The topological polar surface area (TPSA) is 25.2 Å². The molecule has 0 aliphatic rings. The molecule has 0 spiro atoms. The maximum Gasteiger partial charge on any atom is 0.134 e. The van der Waals surface area contributed by atoms with Gasteiger partial charge >= 0.3 is 0 Å². The van der Waals surface area contributed by atoms with Crippen LogP contribution in [0.5, 0.6) is 0 Å². The van der Waals surface area contributed by atoms with Gasteiger partial charge in [0.2, 0.25) is 0 Å². The number of hydrogen-bond donors (Lipinski definition) is 1. The minimum Gasteiger partial charge on any atom is -0.459 e. The summed E-state index contributed by atoms with van der Waals surface area (Å²) < 4.78 is 6.02. The lowest BCUT2D eigenvalue weighted by atomic mass is 10.0. The Hall–Kier alpha value is -1.28. The van der Waals surface area contributed by atoms with Crippen LogP contribution < -0.4 is 5.32 Å². The maximum absolute atomic E-state index is 6.02. The molecule has 0 aliphatic carbocycles. The second-order valence-corrected chi connectivity index (χ2v) is 4.82. The normalized spacial score (nSPS) is 13.1. The molecule has 0 amide bonds. The number of hydrogen-bond acceptors (Lipinski definition) is 2. The van der Waals surface area contributed by atoms with E-state index < -0.39 is 0 Å². The van der Waals surface area contributed by atoms with Gasteiger partial charge in [0, 0.05) is 10.9 Å². The van der Waals surface area contributed by atoms with E-state index in [1.165, 1.54) is 23.8 Å². The summed E-state index contributed by atoms with van der Waals surface area (Å²) >= 11 is 0. The van der Waals surface area contributed by atoms with Crippen molar-refractivity contribution >= 4 is 11.0 Å². The van der Waals surface area contributed by atoms with E-state index in [9.17, 15) is 0 Å². The molecule has 0 saturated carbocycles. The van der Waals surface area contributed by atoms with Crippen molar-refractivity contribution in [3.8, 4) is 0 Å². The summed E-state index contributed by atoms with van der Waals surface area (Å²) in [6.07, 6.45) is 3.46. The van der Waals surface area contributed by atoms with Crippen LogP contribution in [0.15, 0.2) is 28.7 Å². The fourth-order valence-corrected chi connectivity index (χ4v) is 2.42. The summed E-state index contributed by atoms with van der Waals surface area (Å²) in [5.41, 5.74) is 2.36. The fourth-order valence-electron chi connectivity index (χ4n) is 2.42. The molecule has 1 N–H and O–H groups in total. The molecule has 1 heterocycles. The minimum atomic E-state index is 0.291. The minimum absolute atomic E-state index is 0.291. The molecule has 0 fully saturated rings. The number of para-hydroxylation sites is 1. The van der Waals surface area contributed by atoms with Gasteiger partial charge in [0.25, 0.3) is 0 Å². The zero-order valence-corrected chi connectivity index (χ0v) is 11.6. The van der Waals surface area contributed by atoms with Gasteiger partial charge in [-0.1, -0.05) is 38.5 Å². The molecule has 1 aromatic heterocycles. The highest BCUT2D eigenvalue weighted by Crippen LogP contribution is 2.30. The number of rotatable bonds is 6. The molecular weight excluding hydrogens is 222 g/mol. The third-order valence-electron chi connectivity index (χ3n) is 3.46. The summed E-state index contributed by atoms with van der Waals surface area (Å²) in [5.74, 6) is 1.11. The molecule has 1 aromatic carbocycles. The molecule has 1 atom stereocenters. The van der Waals surface area contributed by atoms with E-state index in [0.717, 1.165) is 24.3 Å². The Morgan fingerprint density at radius 2 is 2.00 bits per heavy atom. The van der Waals surface area contributed by atoms with Crippen LogP contribution in [0.3, 0.4) is 0 Å². The Kier molecular flexibility index (Phi) is 4.43. The molecule has 0 radical (unpaired) electrons. The molecule has 0 saturated heterocycles. The van der Waals surface area contributed by atoms with Gasteiger partial charge in [-0.05, 0) is 32.4 Å². The van der Waals surface area contributed by atoms with Crippen molar-refractivity contribution in [1.29, 1.82) is 0 Å². The second kappa shape index (κ2) is 6.05. The first kappa shape index (κ1) is 13.2. The highest BCUT2D eigenvalue weighted by atomic mass is 16.3. The van der Waals surface area contributed by atoms with E-state index in [2.05, 4.69) is 44.3 Å². The van der Waals surface area contributed by atoms with E-state index in [1.54, 1.807) is 0 Å². The SMILES string of the molecule is CCCCNC(C)c1oc2ccccc2c1CC. The van der Waals surface area contributed by atoms with Crippen LogP contribution in [0.2, 0.25) is 0 Å². The lowest BCUT2D eigenvalue weighted by Gasteiger charge is -2.12. The Bertz CT molecular complexity index is 501. The molecule has 18 heavy (non-hydrogen) atoms. The van der Waals surface area contributed by atoms with E-state index in [-0.39, 0.29) is 0 Å². The van der Waals surface area contributed by atoms with Crippen molar-refractivity contribution in [2.45, 2.75) is 46.1 Å². The molecular formula is C16H23NO. The maximum atomic E-state index is 6.02. The van der Waals surface area contributed by atoms with Crippen LogP contribution in [0.4, 0.5) is 0 Å². The summed E-state index contributed by atoms with van der Waals surface area (Å²) in [4.78, 5) is 0. The Balaban J connectivity index is 2.26. The van der Waals surface area contributed by atoms with Gasteiger partial charge in [-0.3, -0.25) is 0 Å². The monoisotopic (exact) mass is 245 g/mol. The molecule has 1 unspecified atom stereocenters. The van der Waals surface area contributed by atoms with Crippen LogP contribution in [0, 0.1) is 0 Å². The fraction of sp³-hybridized carbons (Fsp3) is 0.500. The smallest absolute Gasteiger partial charge is 0.134 e. The first-order valence-electron chi connectivity index (χ1n) is 7.01. The van der Waals surface area contributed by atoms with Gasteiger partial charge < -0.3 is 9.73 Å². The lowest BCUT2D eigenvalue weighted by Crippen LogP contribution is -2.20. The zero-order valence-electron chi connectivity index (χ0n) is 11.6. The average Bonchev–Trinajstić information content (AvgIpc) is 2.77. The third-order valence-corrected chi connectivity index (χ3v) is 3.46. The van der Waals surface area contributed by atoms with Gasteiger partial charge in [-0.15, -0.1) is 0 Å². The Morgan fingerprint density at radius 3 is 2.72 bits per heavy atom. The summed E-state index contributed by atoms with van der Waals surface area (Å²) in [6.45, 7) is 7.65. The summed E-state index contributed by atoms with van der Waals surface area (Å²) in [5, 5.41) is 4.80. The number of benzene rings is 1. The second-order valence-electron chi connectivity index (χ2n) is 4.82. The number of aryl methyl sites for hydroxylation is 1. The zero-order chi connectivity index (χ0) is 13.0. The van der Waals surface area contributed by atoms with Gasteiger partial charge in [-0.25, -0.2) is 0 Å². The van der Waals surface area contributed by atoms with Gasteiger partial charge in [0.05, 0.1) is 6.04 Å². The van der Waals surface area contributed by atoms with Crippen molar-refractivity contribution in [2.75, 3.05) is 6.54 Å². The van der Waals surface area contributed by atoms with Crippen molar-refractivity contribution in [3.05, 3.63) is 35.6 Å². The predicted molar refractivity (Wildman–Crippen MR) is 76.9 cm³/mol. The summed E-state index contributed by atoms with van der Waals surface area (Å²) in [6, 6.07) is 8.61. The van der Waals surface area contributed by atoms with Crippen molar-refractivity contribution < 1.29 is 4.42 Å². The van der Waals surface area contributed by atoms with Gasteiger partial charge in [0.1, 0.15) is 11.3 Å². The Morgan fingerprint density at radius 1 is 1.22 bits per heavy atom. The molecule has 0 aliphatic heterocycles. The van der Waals surface area contributed by atoms with Gasteiger partial charge in [-0.2, -0.15) is 0 Å². The molecule has 2 heteroatoms. The van der Waals surface area contributed by atoms with E-state index >= 15 is 0 Å². The highest BCUT2D eigenvalue weighted by Gasteiger charge is 2.17. The van der Waals surface area contributed by atoms with Crippen LogP contribution in [-0.2, 0) is 6.42 Å².